The molecule has 0 spiro atoms. The maximum absolute atomic E-state index is 11.5. The van der Waals surface area contributed by atoms with Crippen LogP contribution in [-0.2, 0) is 0 Å². The van der Waals surface area contributed by atoms with Crippen LogP contribution in [0.1, 0.15) is 23.2 Å². The van der Waals surface area contributed by atoms with E-state index >= 15 is 0 Å². The molecule has 1 saturated heterocycles. The lowest BCUT2D eigenvalue weighted by Gasteiger charge is -2.14. The Bertz CT molecular complexity index is 302. The highest BCUT2D eigenvalue weighted by Gasteiger charge is 2.11. The zero-order valence-electron chi connectivity index (χ0n) is 8.83. The van der Waals surface area contributed by atoms with Crippen molar-refractivity contribution in [2.75, 3.05) is 26.2 Å². The second-order valence-corrected chi connectivity index (χ2v) is 3.90. The number of hydrogen-bond acceptors (Lipinski definition) is 2. The number of amides is 1. The molecule has 0 unspecified atom stereocenters. The summed E-state index contributed by atoms with van der Waals surface area (Å²) in [5.41, 5.74) is 0.705. The van der Waals surface area contributed by atoms with Crippen LogP contribution >= 0.6 is 0 Å². The number of likely N-dealkylation sites (tertiary alicyclic amines) is 1. The van der Waals surface area contributed by atoms with Gasteiger partial charge in [-0.15, -0.1) is 0 Å². The molecule has 1 aliphatic rings. The van der Waals surface area contributed by atoms with E-state index in [1.807, 2.05) is 0 Å². The summed E-state index contributed by atoms with van der Waals surface area (Å²) >= 11 is 0. The van der Waals surface area contributed by atoms with Gasteiger partial charge in [0, 0.05) is 25.5 Å². The first-order chi connectivity index (χ1) is 7.36. The van der Waals surface area contributed by atoms with E-state index in [0.717, 1.165) is 13.1 Å². The summed E-state index contributed by atoms with van der Waals surface area (Å²) in [6.45, 7) is 4.07. The average Bonchev–Trinajstić information content (AvgIpc) is 2.90. The fourth-order valence-electron chi connectivity index (χ4n) is 1.90. The van der Waals surface area contributed by atoms with Crippen LogP contribution in [0.3, 0.4) is 0 Å². The Morgan fingerprint density at radius 3 is 2.93 bits per heavy atom. The number of aromatic nitrogens is 1. The van der Waals surface area contributed by atoms with Crippen LogP contribution in [-0.4, -0.2) is 42.0 Å². The third-order valence-electron chi connectivity index (χ3n) is 2.77. The summed E-state index contributed by atoms with van der Waals surface area (Å²) in [6.07, 6.45) is 6.07. The molecule has 0 bridgehead atoms. The number of nitrogens with zero attached hydrogens (tertiary/aromatic N) is 1. The van der Waals surface area contributed by atoms with E-state index in [1.54, 1.807) is 18.5 Å². The third kappa shape index (κ3) is 2.83. The Hall–Kier alpha value is -1.29. The van der Waals surface area contributed by atoms with Crippen LogP contribution in [0.5, 0.6) is 0 Å². The molecule has 4 nitrogen and oxygen atoms in total. The summed E-state index contributed by atoms with van der Waals surface area (Å²) in [7, 11) is 0. The molecule has 0 aliphatic carbocycles. The molecule has 15 heavy (non-hydrogen) atoms. The van der Waals surface area contributed by atoms with Gasteiger partial charge in [0.05, 0.1) is 5.56 Å². The third-order valence-corrected chi connectivity index (χ3v) is 2.77. The molecule has 1 amide bonds. The van der Waals surface area contributed by atoms with E-state index in [2.05, 4.69) is 15.2 Å². The normalized spacial score (nSPS) is 16.8. The van der Waals surface area contributed by atoms with Crippen molar-refractivity contribution in [3.63, 3.8) is 0 Å². The zero-order valence-corrected chi connectivity index (χ0v) is 8.83. The largest absolute Gasteiger partial charge is 0.367 e. The summed E-state index contributed by atoms with van der Waals surface area (Å²) in [5, 5.41) is 2.91. The minimum Gasteiger partial charge on any atom is -0.367 e. The highest BCUT2D eigenvalue weighted by Crippen LogP contribution is 2.05. The van der Waals surface area contributed by atoms with Gasteiger partial charge >= 0.3 is 0 Å². The lowest BCUT2D eigenvalue weighted by molar-refractivity contribution is 0.0950. The number of rotatable bonds is 4. The second-order valence-electron chi connectivity index (χ2n) is 3.90. The Kier molecular flexibility index (Phi) is 3.40. The molecule has 0 atom stereocenters. The molecular weight excluding hydrogens is 190 g/mol. The van der Waals surface area contributed by atoms with Gasteiger partial charge in [-0.1, -0.05) is 0 Å². The fourth-order valence-corrected chi connectivity index (χ4v) is 1.90. The van der Waals surface area contributed by atoms with Crippen LogP contribution in [0, 0.1) is 0 Å². The van der Waals surface area contributed by atoms with Crippen molar-refractivity contribution in [3.8, 4) is 0 Å². The van der Waals surface area contributed by atoms with Gasteiger partial charge in [0.15, 0.2) is 0 Å². The molecule has 1 aromatic rings. The molecule has 0 saturated carbocycles. The topological polar surface area (TPSA) is 48.1 Å². The fraction of sp³-hybridized carbons (Fsp3) is 0.545. The summed E-state index contributed by atoms with van der Waals surface area (Å²) in [6, 6.07) is 1.78. The molecule has 2 N–H and O–H groups in total. The van der Waals surface area contributed by atoms with Gasteiger partial charge in [-0.2, -0.15) is 0 Å². The smallest absolute Gasteiger partial charge is 0.252 e. The Labute approximate surface area is 89.7 Å². The minimum absolute atomic E-state index is 0.00967. The number of carbonyl (C=O) groups is 1. The number of carbonyl (C=O) groups excluding carboxylic acids is 1. The Balaban J connectivity index is 1.67. The molecule has 1 aromatic heterocycles. The van der Waals surface area contributed by atoms with E-state index < -0.39 is 0 Å². The summed E-state index contributed by atoms with van der Waals surface area (Å²) in [5.74, 6) is 0.00967. The second kappa shape index (κ2) is 4.98. The molecule has 1 fully saturated rings. The highest BCUT2D eigenvalue weighted by molar-refractivity contribution is 5.93. The predicted octanol–water partition coefficient (Wildman–Crippen LogP) is 0.840. The van der Waals surface area contributed by atoms with Crippen molar-refractivity contribution in [1.29, 1.82) is 0 Å². The number of hydrogen-bond donors (Lipinski definition) is 2. The molecule has 0 radical (unpaired) electrons. The number of nitrogens with one attached hydrogen (secondary N) is 2. The van der Waals surface area contributed by atoms with Gasteiger partial charge in [0.2, 0.25) is 0 Å². The van der Waals surface area contributed by atoms with Gasteiger partial charge in [-0.25, -0.2) is 0 Å². The van der Waals surface area contributed by atoms with Crippen molar-refractivity contribution in [3.05, 3.63) is 24.0 Å². The first kappa shape index (κ1) is 10.2. The van der Waals surface area contributed by atoms with E-state index in [-0.39, 0.29) is 5.91 Å². The van der Waals surface area contributed by atoms with Crippen LogP contribution in [0.15, 0.2) is 18.5 Å². The van der Waals surface area contributed by atoms with Crippen molar-refractivity contribution in [2.24, 2.45) is 0 Å². The first-order valence-corrected chi connectivity index (χ1v) is 5.49. The van der Waals surface area contributed by atoms with Crippen LogP contribution < -0.4 is 5.32 Å². The lowest BCUT2D eigenvalue weighted by atomic mass is 10.3. The Morgan fingerprint density at radius 1 is 1.47 bits per heavy atom. The monoisotopic (exact) mass is 207 g/mol. The lowest BCUT2D eigenvalue weighted by Crippen LogP contribution is -2.33. The minimum atomic E-state index is 0.00967. The van der Waals surface area contributed by atoms with Crippen molar-refractivity contribution in [2.45, 2.75) is 12.8 Å². The van der Waals surface area contributed by atoms with E-state index in [4.69, 9.17) is 0 Å². The molecule has 0 aromatic carbocycles. The highest BCUT2D eigenvalue weighted by atomic mass is 16.1. The Morgan fingerprint density at radius 2 is 2.27 bits per heavy atom. The van der Waals surface area contributed by atoms with Crippen molar-refractivity contribution >= 4 is 5.91 Å². The predicted molar refractivity (Wildman–Crippen MR) is 58.8 cm³/mol. The van der Waals surface area contributed by atoms with Gasteiger partial charge in [-0.05, 0) is 32.0 Å². The zero-order chi connectivity index (χ0) is 10.5. The molecule has 82 valence electrons. The van der Waals surface area contributed by atoms with Crippen LogP contribution in [0.25, 0.3) is 0 Å². The summed E-state index contributed by atoms with van der Waals surface area (Å²) in [4.78, 5) is 16.8. The maximum Gasteiger partial charge on any atom is 0.252 e. The van der Waals surface area contributed by atoms with Crippen molar-refractivity contribution < 1.29 is 4.79 Å². The van der Waals surface area contributed by atoms with E-state index in [0.29, 0.717) is 5.56 Å². The van der Waals surface area contributed by atoms with Crippen molar-refractivity contribution in [1.82, 2.24) is 15.2 Å². The molecule has 2 heterocycles. The molecular formula is C11H17N3O. The average molecular weight is 207 g/mol. The maximum atomic E-state index is 11.5. The van der Waals surface area contributed by atoms with E-state index in [1.165, 1.54) is 25.9 Å². The standard InChI is InChI=1S/C11H17N3O/c15-11(10-3-4-12-9-10)13-5-8-14-6-1-2-7-14/h3-4,9,12H,1-2,5-8H2,(H,13,15). The molecule has 1 aliphatic heterocycles. The number of aromatic amines is 1. The van der Waals surface area contributed by atoms with Gasteiger partial charge in [-0.3, -0.25) is 4.79 Å². The molecule has 4 heteroatoms. The van der Waals surface area contributed by atoms with Crippen LogP contribution in [0.4, 0.5) is 0 Å². The quantitative estimate of drug-likeness (QED) is 0.768. The summed E-state index contributed by atoms with van der Waals surface area (Å²) < 4.78 is 0. The van der Waals surface area contributed by atoms with E-state index in [9.17, 15) is 4.79 Å². The van der Waals surface area contributed by atoms with Crippen LogP contribution in [0.2, 0.25) is 0 Å². The molecule has 2 rings (SSSR count). The van der Waals surface area contributed by atoms with Gasteiger partial charge in [0.1, 0.15) is 0 Å². The van der Waals surface area contributed by atoms with Gasteiger partial charge in [0.25, 0.3) is 5.91 Å². The number of H-pyrrole nitrogens is 1. The first-order valence-electron chi connectivity index (χ1n) is 5.49. The SMILES string of the molecule is O=C(NCCN1CCCC1)c1cc[nH]c1. The van der Waals surface area contributed by atoms with Gasteiger partial charge < -0.3 is 15.2 Å².